The van der Waals surface area contributed by atoms with Gasteiger partial charge in [-0.25, -0.2) is 0 Å². The van der Waals surface area contributed by atoms with Crippen molar-refractivity contribution in [1.29, 1.82) is 0 Å². The molecule has 9 nitrogen and oxygen atoms in total. The quantitative estimate of drug-likeness (QED) is 0.525. The first-order chi connectivity index (χ1) is 15.9. The monoisotopic (exact) mass is 458 g/mol. The Labute approximate surface area is 194 Å². The van der Waals surface area contributed by atoms with E-state index in [1.165, 1.54) is 0 Å². The summed E-state index contributed by atoms with van der Waals surface area (Å²) in [6, 6.07) is 4.41. The van der Waals surface area contributed by atoms with E-state index >= 15 is 0 Å². The third kappa shape index (κ3) is 6.94. The van der Waals surface area contributed by atoms with Crippen LogP contribution in [0.5, 0.6) is 0 Å². The molecule has 0 radical (unpaired) electrons. The van der Waals surface area contributed by atoms with E-state index in [0.717, 1.165) is 38.5 Å². The van der Waals surface area contributed by atoms with Crippen molar-refractivity contribution in [3.8, 4) is 0 Å². The molecule has 180 valence electrons. The van der Waals surface area contributed by atoms with Gasteiger partial charge in [0.15, 0.2) is 11.9 Å². The highest BCUT2D eigenvalue weighted by Gasteiger charge is 2.35. The molecule has 3 rings (SSSR count). The number of carbonyl (C=O) groups is 3. The molecule has 9 heteroatoms. The van der Waals surface area contributed by atoms with Crippen molar-refractivity contribution in [2.45, 2.75) is 84.2 Å². The molecule has 0 saturated heterocycles. The van der Waals surface area contributed by atoms with Gasteiger partial charge in [0.1, 0.15) is 17.3 Å². The number of aromatic nitrogens is 1. The van der Waals surface area contributed by atoms with Gasteiger partial charge in [-0.15, -0.1) is 0 Å². The Bertz CT molecular complexity index is 944. The summed E-state index contributed by atoms with van der Waals surface area (Å²) in [5.41, 5.74) is 0. The molecule has 1 fully saturated rings. The number of anilines is 1. The van der Waals surface area contributed by atoms with E-state index in [1.807, 2.05) is 13.8 Å². The van der Waals surface area contributed by atoms with E-state index in [2.05, 4.69) is 15.8 Å². The van der Waals surface area contributed by atoms with E-state index in [4.69, 9.17) is 8.94 Å². The number of nitrogens with zero attached hydrogens (tertiary/aromatic N) is 2. The van der Waals surface area contributed by atoms with Crippen LogP contribution < -0.4 is 10.6 Å². The van der Waals surface area contributed by atoms with Crippen molar-refractivity contribution in [3.05, 3.63) is 35.5 Å². The van der Waals surface area contributed by atoms with E-state index in [1.54, 1.807) is 30.0 Å². The van der Waals surface area contributed by atoms with E-state index < -0.39 is 6.04 Å². The summed E-state index contributed by atoms with van der Waals surface area (Å²) >= 11 is 0. The summed E-state index contributed by atoms with van der Waals surface area (Å²) in [4.78, 5) is 40.5. The molecule has 0 aliphatic heterocycles. The van der Waals surface area contributed by atoms with Gasteiger partial charge in [0.25, 0.3) is 5.91 Å². The summed E-state index contributed by atoms with van der Waals surface area (Å²) in [7, 11) is 0. The van der Waals surface area contributed by atoms with Gasteiger partial charge in [0.05, 0.1) is 0 Å². The fourth-order valence-corrected chi connectivity index (χ4v) is 4.10. The van der Waals surface area contributed by atoms with Crippen LogP contribution >= 0.6 is 0 Å². The van der Waals surface area contributed by atoms with Crippen molar-refractivity contribution in [3.63, 3.8) is 0 Å². The lowest BCUT2D eigenvalue weighted by Gasteiger charge is -2.31. The van der Waals surface area contributed by atoms with Crippen molar-refractivity contribution < 1.29 is 23.3 Å². The maximum absolute atomic E-state index is 13.3. The maximum Gasteiger partial charge on any atom is 0.250 e. The number of carbonyl (C=O) groups excluding carboxylic acids is 3. The van der Waals surface area contributed by atoms with Crippen LogP contribution in [0.3, 0.4) is 0 Å². The minimum absolute atomic E-state index is 0.0263. The van der Waals surface area contributed by atoms with Crippen molar-refractivity contribution in [2.75, 3.05) is 11.9 Å². The van der Waals surface area contributed by atoms with Gasteiger partial charge in [-0.1, -0.05) is 31.3 Å². The summed E-state index contributed by atoms with van der Waals surface area (Å²) in [5.74, 6) is 1.17. The van der Waals surface area contributed by atoms with E-state index in [-0.39, 0.29) is 36.6 Å². The van der Waals surface area contributed by atoms with Crippen molar-refractivity contribution in [1.82, 2.24) is 15.4 Å². The van der Waals surface area contributed by atoms with Gasteiger partial charge < -0.3 is 24.5 Å². The molecule has 1 unspecified atom stereocenters. The number of unbranched alkanes of at least 4 members (excludes halogenated alkanes) is 1. The Balaban J connectivity index is 1.72. The second kappa shape index (κ2) is 11.7. The molecule has 33 heavy (non-hydrogen) atoms. The van der Waals surface area contributed by atoms with Crippen LogP contribution in [0.2, 0.25) is 0 Å². The Morgan fingerprint density at radius 1 is 1.15 bits per heavy atom. The fourth-order valence-electron chi connectivity index (χ4n) is 4.10. The minimum atomic E-state index is -0.861. The van der Waals surface area contributed by atoms with Gasteiger partial charge in [0, 0.05) is 31.5 Å². The number of amides is 3. The third-order valence-electron chi connectivity index (χ3n) is 5.83. The number of hydrogen-bond acceptors (Lipinski definition) is 6. The van der Waals surface area contributed by atoms with Crippen LogP contribution in [-0.4, -0.2) is 40.4 Å². The number of rotatable bonds is 11. The number of hydrogen-bond donors (Lipinski definition) is 2. The molecule has 0 spiro atoms. The molecule has 1 aliphatic rings. The molecule has 3 amide bonds. The lowest BCUT2D eigenvalue weighted by Crippen LogP contribution is -2.46. The van der Waals surface area contributed by atoms with Crippen LogP contribution in [0.1, 0.15) is 81.6 Å². The number of furan rings is 1. The van der Waals surface area contributed by atoms with Crippen LogP contribution in [0.15, 0.2) is 27.1 Å². The zero-order chi connectivity index (χ0) is 23.8. The second-order valence-electron chi connectivity index (χ2n) is 8.65. The topological polar surface area (TPSA) is 118 Å². The molecule has 2 aromatic heterocycles. The first kappa shape index (κ1) is 24.5. The first-order valence-electron chi connectivity index (χ1n) is 11.8. The zero-order valence-corrected chi connectivity index (χ0v) is 19.7. The highest BCUT2D eigenvalue weighted by atomic mass is 16.5. The van der Waals surface area contributed by atoms with Crippen LogP contribution in [-0.2, 0) is 14.4 Å². The Morgan fingerprint density at radius 3 is 2.52 bits per heavy atom. The van der Waals surface area contributed by atoms with Crippen molar-refractivity contribution in [2.24, 2.45) is 0 Å². The summed E-state index contributed by atoms with van der Waals surface area (Å²) in [6.07, 6.45) is 5.62. The lowest BCUT2D eigenvalue weighted by molar-refractivity contribution is -0.142. The molecule has 2 aromatic rings. The van der Waals surface area contributed by atoms with Gasteiger partial charge in [-0.3, -0.25) is 14.4 Å². The fraction of sp³-hybridized carbons (Fsp3) is 0.583. The Kier molecular flexibility index (Phi) is 8.68. The van der Waals surface area contributed by atoms with Crippen molar-refractivity contribution >= 4 is 23.5 Å². The van der Waals surface area contributed by atoms with Gasteiger partial charge in [-0.05, 0) is 45.2 Å². The number of aryl methyl sites for hydroxylation is 2. The number of nitrogens with one attached hydrogen (secondary N) is 2. The molecule has 2 heterocycles. The highest BCUT2D eigenvalue weighted by Crippen LogP contribution is 2.27. The maximum atomic E-state index is 13.3. The molecular weight excluding hydrogens is 424 g/mol. The average molecular weight is 459 g/mol. The largest absolute Gasteiger partial charge is 0.464 e. The zero-order valence-electron chi connectivity index (χ0n) is 19.7. The Hall–Kier alpha value is -3.10. The minimum Gasteiger partial charge on any atom is -0.464 e. The Morgan fingerprint density at radius 2 is 1.91 bits per heavy atom. The average Bonchev–Trinajstić information content (AvgIpc) is 3.53. The van der Waals surface area contributed by atoms with Crippen LogP contribution in [0.4, 0.5) is 5.82 Å². The SMILES string of the molecule is CCCCN(C(=O)CCC(=O)Nc1cc(C)on1)C(C(=O)NC1CCCC1)c1ccc(C)o1. The summed E-state index contributed by atoms with van der Waals surface area (Å²) in [6.45, 7) is 5.97. The highest BCUT2D eigenvalue weighted by molar-refractivity contribution is 5.94. The molecule has 1 atom stereocenters. The van der Waals surface area contributed by atoms with Crippen LogP contribution in [0.25, 0.3) is 0 Å². The summed E-state index contributed by atoms with van der Waals surface area (Å²) in [5, 5.41) is 9.46. The second-order valence-corrected chi connectivity index (χ2v) is 8.65. The van der Waals surface area contributed by atoms with Gasteiger partial charge >= 0.3 is 0 Å². The molecule has 1 aliphatic carbocycles. The molecule has 0 aromatic carbocycles. The predicted octanol–water partition coefficient (Wildman–Crippen LogP) is 4.03. The molecule has 1 saturated carbocycles. The van der Waals surface area contributed by atoms with Crippen LogP contribution in [0, 0.1) is 13.8 Å². The van der Waals surface area contributed by atoms with Gasteiger partial charge in [0.2, 0.25) is 11.8 Å². The standard InChI is InChI=1S/C24H34N4O5/c1-4-5-14-28(22(30)13-12-21(29)26-20-15-17(3)33-27-20)23(19-11-10-16(2)32-19)24(31)25-18-8-6-7-9-18/h10-11,15,18,23H,4-9,12-14H2,1-3H3,(H,25,31)(H,26,27,29). The molecular formula is C24H34N4O5. The van der Waals surface area contributed by atoms with E-state index in [0.29, 0.717) is 29.6 Å². The van der Waals surface area contributed by atoms with E-state index in [9.17, 15) is 14.4 Å². The first-order valence-corrected chi connectivity index (χ1v) is 11.8. The third-order valence-corrected chi connectivity index (χ3v) is 5.83. The molecule has 2 N–H and O–H groups in total. The predicted molar refractivity (Wildman–Crippen MR) is 122 cm³/mol. The lowest BCUT2D eigenvalue weighted by atomic mass is 10.1. The smallest absolute Gasteiger partial charge is 0.250 e. The normalized spacial score (nSPS) is 14.8. The summed E-state index contributed by atoms with van der Waals surface area (Å²) < 4.78 is 10.7. The van der Waals surface area contributed by atoms with Gasteiger partial charge in [-0.2, -0.15) is 0 Å². The molecule has 0 bridgehead atoms.